The monoisotopic (exact) mass is 414 g/mol. The molecule has 3 aromatic rings. The van der Waals surface area contributed by atoms with Gasteiger partial charge in [-0.3, -0.25) is 9.67 Å². The average molecular weight is 414 g/mol. The van der Waals surface area contributed by atoms with Crippen LogP contribution in [0.1, 0.15) is 12.1 Å². The highest BCUT2D eigenvalue weighted by molar-refractivity contribution is 7.88. The molecule has 4 rings (SSSR count). The first-order valence-electron chi connectivity index (χ1n) is 9.25. The Kier molecular flexibility index (Phi) is 5.25. The van der Waals surface area contributed by atoms with Crippen LogP contribution in [-0.2, 0) is 16.6 Å². The fourth-order valence-corrected chi connectivity index (χ4v) is 3.69. The zero-order chi connectivity index (χ0) is 20.4. The van der Waals surface area contributed by atoms with Crippen molar-refractivity contribution in [1.29, 1.82) is 0 Å². The van der Waals surface area contributed by atoms with Gasteiger partial charge < -0.3 is 9.47 Å². The molecule has 1 aliphatic heterocycles. The highest BCUT2D eigenvalue weighted by Gasteiger charge is 2.19. The molecule has 0 saturated heterocycles. The Hall–Kier alpha value is -2.91. The van der Waals surface area contributed by atoms with Gasteiger partial charge in [-0.05, 0) is 43.2 Å². The zero-order valence-electron chi connectivity index (χ0n) is 16.3. The quantitative estimate of drug-likeness (QED) is 0.597. The first-order chi connectivity index (χ1) is 13.9. The summed E-state index contributed by atoms with van der Waals surface area (Å²) in [6, 6.07) is 11.6. The Morgan fingerprint density at radius 2 is 2.00 bits per heavy atom. The molecule has 0 spiro atoms. The van der Waals surface area contributed by atoms with E-state index in [2.05, 4.69) is 9.71 Å². The summed E-state index contributed by atoms with van der Waals surface area (Å²) >= 11 is 0. The predicted octanol–water partition coefficient (Wildman–Crippen LogP) is 2.59. The Morgan fingerprint density at radius 1 is 1.17 bits per heavy atom. The fourth-order valence-electron chi connectivity index (χ4n) is 3.17. The van der Waals surface area contributed by atoms with Crippen LogP contribution >= 0.6 is 0 Å². The number of ether oxygens (including phenoxy) is 2. The molecule has 0 atom stereocenters. The minimum absolute atomic E-state index is 0.220. The number of hydrogen-bond acceptors (Lipinski definition) is 6. The summed E-state index contributed by atoms with van der Waals surface area (Å²) in [5, 5.41) is 4.73. The van der Waals surface area contributed by atoms with Crippen LogP contribution in [0.4, 0.5) is 0 Å². The molecule has 29 heavy (non-hydrogen) atoms. The molecule has 2 aromatic heterocycles. The number of sulfonamides is 1. The number of aryl methyl sites for hydroxylation is 2. The van der Waals surface area contributed by atoms with Gasteiger partial charge in [-0.1, -0.05) is 12.1 Å². The van der Waals surface area contributed by atoms with E-state index in [1.807, 2.05) is 54.2 Å². The van der Waals surface area contributed by atoms with Crippen molar-refractivity contribution in [1.82, 2.24) is 19.5 Å². The summed E-state index contributed by atoms with van der Waals surface area (Å²) < 4.78 is 37.7. The highest BCUT2D eigenvalue weighted by Crippen LogP contribution is 2.38. The molecular formula is C20H22N4O4S. The van der Waals surface area contributed by atoms with Crippen LogP contribution in [0.25, 0.3) is 22.5 Å². The van der Waals surface area contributed by atoms with E-state index in [-0.39, 0.29) is 6.79 Å². The van der Waals surface area contributed by atoms with Crippen LogP contribution in [0, 0.1) is 6.92 Å². The largest absolute Gasteiger partial charge is 0.454 e. The Morgan fingerprint density at radius 3 is 2.79 bits per heavy atom. The lowest BCUT2D eigenvalue weighted by Gasteiger charge is -2.04. The highest BCUT2D eigenvalue weighted by atomic mass is 32.2. The van der Waals surface area contributed by atoms with Crippen LogP contribution in [0.2, 0.25) is 0 Å². The van der Waals surface area contributed by atoms with E-state index in [1.165, 1.54) is 0 Å². The van der Waals surface area contributed by atoms with Crippen LogP contribution in [0.5, 0.6) is 11.5 Å². The second-order valence-electron chi connectivity index (χ2n) is 6.91. The number of rotatable bonds is 7. The lowest BCUT2D eigenvalue weighted by molar-refractivity contribution is 0.174. The van der Waals surface area contributed by atoms with E-state index in [0.717, 1.165) is 40.2 Å². The van der Waals surface area contributed by atoms with E-state index >= 15 is 0 Å². The number of hydrogen-bond donors (Lipinski definition) is 1. The zero-order valence-corrected chi connectivity index (χ0v) is 17.1. The first-order valence-corrected chi connectivity index (χ1v) is 11.1. The molecule has 0 unspecified atom stereocenters. The molecule has 0 saturated carbocycles. The molecule has 1 N–H and O–H groups in total. The SMILES string of the molecule is Cc1cccc(-c2nn(CCCNS(C)(=O)=O)cc2-c2ccc3c(c2)OCO3)n1. The van der Waals surface area contributed by atoms with E-state index in [1.54, 1.807) is 0 Å². The van der Waals surface area contributed by atoms with E-state index in [0.29, 0.717) is 25.3 Å². The van der Waals surface area contributed by atoms with Gasteiger partial charge in [0.25, 0.3) is 0 Å². The van der Waals surface area contributed by atoms with Crippen molar-refractivity contribution in [2.24, 2.45) is 0 Å². The third-order valence-corrected chi connectivity index (χ3v) is 5.23. The molecule has 0 bridgehead atoms. The maximum Gasteiger partial charge on any atom is 0.231 e. The predicted molar refractivity (Wildman–Crippen MR) is 109 cm³/mol. The summed E-state index contributed by atoms with van der Waals surface area (Å²) in [5.74, 6) is 1.43. The molecule has 0 amide bonds. The van der Waals surface area contributed by atoms with Gasteiger partial charge in [0.15, 0.2) is 11.5 Å². The molecule has 1 aromatic carbocycles. The van der Waals surface area contributed by atoms with Gasteiger partial charge in [-0.25, -0.2) is 13.1 Å². The van der Waals surface area contributed by atoms with Crippen LogP contribution in [-0.4, -0.2) is 42.8 Å². The summed E-state index contributed by atoms with van der Waals surface area (Å²) in [6.45, 7) is 3.09. The lowest BCUT2D eigenvalue weighted by Crippen LogP contribution is -2.23. The van der Waals surface area contributed by atoms with Crippen molar-refractivity contribution >= 4 is 10.0 Å². The smallest absolute Gasteiger partial charge is 0.231 e. The molecular weight excluding hydrogens is 392 g/mol. The van der Waals surface area contributed by atoms with Crippen molar-refractivity contribution in [3.63, 3.8) is 0 Å². The van der Waals surface area contributed by atoms with Gasteiger partial charge in [0, 0.05) is 30.5 Å². The number of pyridine rings is 1. The van der Waals surface area contributed by atoms with Crippen LogP contribution in [0.3, 0.4) is 0 Å². The second-order valence-corrected chi connectivity index (χ2v) is 8.74. The summed E-state index contributed by atoms with van der Waals surface area (Å²) in [4.78, 5) is 4.62. The van der Waals surface area contributed by atoms with Crippen molar-refractivity contribution in [3.05, 3.63) is 48.3 Å². The number of fused-ring (bicyclic) bond motifs is 1. The summed E-state index contributed by atoms with van der Waals surface area (Å²) in [7, 11) is -3.19. The molecule has 9 heteroatoms. The van der Waals surface area contributed by atoms with Gasteiger partial charge >= 0.3 is 0 Å². The standard InChI is InChI=1S/C20H22N4O4S/c1-14-5-3-6-17(22-14)20-16(15-7-8-18-19(11-15)28-13-27-18)12-24(23-20)10-4-9-21-29(2,25)26/h3,5-8,11-12,21H,4,9-10,13H2,1-2H3. The van der Waals surface area contributed by atoms with Gasteiger partial charge in [0.05, 0.1) is 11.9 Å². The average Bonchev–Trinajstić information content (AvgIpc) is 3.31. The molecule has 0 fully saturated rings. The topological polar surface area (TPSA) is 95.3 Å². The van der Waals surface area contributed by atoms with E-state index in [9.17, 15) is 8.42 Å². The first kappa shape index (κ1) is 19.4. The van der Waals surface area contributed by atoms with Gasteiger partial charge in [0.2, 0.25) is 16.8 Å². The van der Waals surface area contributed by atoms with Crippen molar-refractivity contribution in [2.75, 3.05) is 19.6 Å². The lowest BCUT2D eigenvalue weighted by atomic mass is 10.0. The van der Waals surface area contributed by atoms with Gasteiger partial charge in [-0.15, -0.1) is 0 Å². The van der Waals surface area contributed by atoms with E-state index < -0.39 is 10.0 Å². The Bertz CT molecular complexity index is 1140. The third kappa shape index (κ3) is 4.57. The third-order valence-electron chi connectivity index (χ3n) is 4.50. The molecule has 1 aliphatic rings. The fraction of sp³-hybridized carbons (Fsp3) is 0.300. The summed E-state index contributed by atoms with van der Waals surface area (Å²) in [6.07, 6.45) is 3.73. The van der Waals surface area contributed by atoms with Gasteiger partial charge in [0.1, 0.15) is 5.69 Å². The molecule has 8 nitrogen and oxygen atoms in total. The summed E-state index contributed by atoms with van der Waals surface area (Å²) in [5.41, 5.74) is 4.34. The van der Waals surface area contributed by atoms with Crippen molar-refractivity contribution in [2.45, 2.75) is 19.9 Å². The van der Waals surface area contributed by atoms with Gasteiger partial charge in [-0.2, -0.15) is 5.10 Å². The minimum atomic E-state index is -3.19. The number of nitrogens with one attached hydrogen (secondary N) is 1. The normalized spacial score (nSPS) is 13.0. The van der Waals surface area contributed by atoms with Crippen molar-refractivity contribution < 1.29 is 17.9 Å². The number of aromatic nitrogens is 3. The molecule has 0 aliphatic carbocycles. The maximum absolute atomic E-state index is 11.2. The molecule has 0 radical (unpaired) electrons. The maximum atomic E-state index is 11.2. The van der Waals surface area contributed by atoms with E-state index in [4.69, 9.17) is 14.6 Å². The number of nitrogens with zero attached hydrogens (tertiary/aromatic N) is 3. The number of benzene rings is 1. The van der Waals surface area contributed by atoms with Crippen LogP contribution < -0.4 is 14.2 Å². The van der Waals surface area contributed by atoms with Crippen molar-refractivity contribution in [3.8, 4) is 34.0 Å². The van der Waals surface area contributed by atoms with Crippen LogP contribution in [0.15, 0.2) is 42.6 Å². The minimum Gasteiger partial charge on any atom is -0.454 e. The Balaban J connectivity index is 1.66. The Labute approximate surface area is 169 Å². The molecule has 3 heterocycles. The molecule has 152 valence electrons. The second kappa shape index (κ2) is 7.84.